The maximum atomic E-state index is 5.57. The van der Waals surface area contributed by atoms with Crippen LogP contribution in [-0.2, 0) is 13.1 Å². The third-order valence-electron chi connectivity index (χ3n) is 2.61. The molecular formula is C13H17N3. The molecular weight excluding hydrogens is 198 g/mol. The van der Waals surface area contributed by atoms with Crippen LogP contribution in [0.5, 0.6) is 0 Å². The third-order valence-corrected chi connectivity index (χ3v) is 2.61. The van der Waals surface area contributed by atoms with Gasteiger partial charge in [0.2, 0.25) is 0 Å². The van der Waals surface area contributed by atoms with Crippen LogP contribution in [0.15, 0.2) is 36.7 Å². The summed E-state index contributed by atoms with van der Waals surface area (Å²) in [5, 5.41) is 4.32. The lowest BCUT2D eigenvalue weighted by atomic mass is 10.1. The van der Waals surface area contributed by atoms with Crippen molar-refractivity contribution < 1.29 is 0 Å². The fourth-order valence-electron chi connectivity index (χ4n) is 1.70. The maximum absolute atomic E-state index is 5.57. The largest absolute Gasteiger partial charge is 0.326 e. The number of aromatic nitrogens is 2. The van der Waals surface area contributed by atoms with Crippen molar-refractivity contribution in [1.82, 2.24) is 9.78 Å². The topological polar surface area (TPSA) is 43.8 Å². The number of aryl methyl sites for hydroxylation is 1. The standard InChI is InChI=1S/C13H17N3/c1-2-7-16-10-13(9-15-16)12-5-3-11(8-14)4-6-12/h3-6,9-10H,2,7-8,14H2,1H3. The highest BCUT2D eigenvalue weighted by atomic mass is 15.3. The van der Waals surface area contributed by atoms with E-state index in [4.69, 9.17) is 5.73 Å². The number of nitrogens with zero attached hydrogens (tertiary/aromatic N) is 2. The summed E-state index contributed by atoms with van der Waals surface area (Å²) in [6, 6.07) is 8.31. The first-order chi connectivity index (χ1) is 7.83. The Labute approximate surface area is 95.9 Å². The second-order valence-electron chi connectivity index (χ2n) is 3.89. The minimum Gasteiger partial charge on any atom is -0.326 e. The van der Waals surface area contributed by atoms with Gasteiger partial charge in [0, 0.05) is 24.8 Å². The molecule has 1 aromatic heterocycles. The molecule has 0 fully saturated rings. The van der Waals surface area contributed by atoms with Gasteiger partial charge in [-0.15, -0.1) is 0 Å². The van der Waals surface area contributed by atoms with Crippen molar-refractivity contribution in [3.63, 3.8) is 0 Å². The molecule has 3 nitrogen and oxygen atoms in total. The van der Waals surface area contributed by atoms with E-state index in [0.717, 1.165) is 24.1 Å². The van der Waals surface area contributed by atoms with Crippen LogP contribution in [0, 0.1) is 0 Å². The van der Waals surface area contributed by atoms with Gasteiger partial charge in [-0.1, -0.05) is 31.2 Å². The number of hydrogen-bond acceptors (Lipinski definition) is 2. The molecule has 0 atom stereocenters. The SMILES string of the molecule is CCCn1cc(-c2ccc(CN)cc2)cn1. The summed E-state index contributed by atoms with van der Waals surface area (Å²) in [7, 11) is 0. The molecule has 1 aromatic carbocycles. The summed E-state index contributed by atoms with van der Waals surface area (Å²) in [6.07, 6.45) is 5.10. The van der Waals surface area contributed by atoms with Gasteiger partial charge in [-0.3, -0.25) is 4.68 Å². The molecule has 16 heavy (non-hydrogen) atoms. The van der Waals surface area contributed by atoms with E-state index < -0.39 is 0 Å². The van der Waals surface area contributed by atoms with E-state index in [1.165, 1.54) is 5.56 Å². The average Bonchev–Trinajstić information content (AvgIpc) is 2.78. The Morgan fingerprint density at radius 3 is 2.56 bits per heavy atom. The molecule has 2 aromatic rings. The van der Waals surface area contributed by atoms with Gasteiger partial charge in [-0.25, -0.2) is 0 Å². The summed E-state index contributed by atoms with van der Waals surface area (Å²) < 4.78 is 1.98. The Hall–Kier alpha value is -1.61. The van der Waals surface area contributed by atoms with Crippen LogP contribution in [-0.4, -0.2) is 9.78 Å². The van der Waals surface area contributed by atoms with Crippen molar-refractivity contribution in [3.8, 4) is 11.1 Å². The van der Waals surface area contributed by atoms with E-state index >= 15 is 0 Å². The molecule has 0 unspecified atom stereocenters. The summed E-state index contributed by atoms with van der Waals surface area (Å²) in [4.78, 5) is 0. The highest BCUT2D eigenvalue weighted by molar-refractivity contribution is 5.61. The molecule has 0 aliphatic rings. The summed E-state index contributed by atoms with van der Waals surface area (Å²) in [5.74, 6) is 0. The maximum Gasteiger partial charge on any atom is 0.0568 e. The highest BCUT2D eigenvalue weighted by Gasteiger charge is 2.01. The quantitative estimate of drug-likeness (QED) is 0.851. The highest BCUT2D eigenvalue weighted by Crippen LogP contribution is 2.18. The van der Waals surface area contributed by atoms with E-state index in [9.17, 15) is 0 Å². The first kappa shape index (κ1) is 10.9. The Kier molecular flexibility index (Phi) is 3.37. The molecule has 2 N–H and O–H groups in total. The fraction of sp³-hybridized carbons (Fsp3) is 0.308. The number of hydrogen-bond donors (Lipinski definition) is 1. The van der Waals surface area contributed by atoms with Crippen LogP contribution in [0.3, 0.4) is 0 Å². The summed E-state index contributed by atoms with van der Waals surface area (Å²) in [5.41, 5.74) is 9.08. The van der Waals surface area contributed by atoms with Crippen molar-refractivity contribution in [2.75, 3.05) is 0 Å². The van der Waals surface area contributed by atoms with Crippen LogP contribution in [0.25, 0.3) is 11.1 Å². The molecule has 0 aliphatic heterocycles. The van der Waals surface area contributed by atoms with Crippen molar-refractivity contribution in [2.24, 2.45) is 5.73 Å². The van der Waals surface area contributed by atoms with Gasteiger partial charge in [0.25, 0.3) is 0 Å². The molecule has 0 bridgehead atoms. The first-order valence-electron chi connectivity index (χ1n) is 5.65. The Bertz CT molecular complexity index is 442. The smallest absolute Gasteiger partial charge is 0.0568 e. The van der Waals surface area contributed by atoms with Crippen molar-refractivity contribution in [3.05, 3.63) is 42.2 Å². The van der Waals surface area contributed by atoms with E-state index in [2.05, 4.69) is 42.5 Å². The molecule has 0 saturated heterocycles. The molecule has 2 rings (SSSR count). The zero-order valence-electron chi connectivity index (χ0n) is 9.56. The van der Waals surface area contributed by atoms with Gasteiger partial charge in [-0.2, -0.15) is 5.10 Å². The van der Waals surface area contributed by atoms with Gasteiger partial charge in [0.05, 0.1) is 6.20 Å². The summed E-state index contributed by atoms with van der Waals surface area (Å²) >= 11 is 0. The van der Waals surface area contributed by atoms with Crippen molar-refractivity contribution in [1.29, 1.82) is 0 Å². The monoisotopic (exact) mass is 215 g/mol. The van der Waals surface area contributed by atoms with Gasteiger partial charge in [-0.05, 0) is 17.5 Å². The first-order valence-corrected chi connectivity index (χ1v) is 5.65. The molecule has 3 heteroatoms. The lowest BCUT2D eigenvalue weighted by Crippen LogP contribution is -1.95. The number of rotatable bonds is 4. The van der Waals surface area contributed by atoms with Crippen LogP contribution in [0.2, 0.25) is 0 Å². The van der Waals surface area contributed by atoms with Crippen LogP contribution in [0.4, 0.5) is 0 Å². The Morgan fingerprint density at radius 1 is 1.19 bits per heavy atom. The second kappa shape index (κ2) is 4.94. The van der Waals surface area contributed by atoms with Gasteiger partial charge in [0.15, 0.2) is 0 Å². The van der Waals surface area contributed by atoms with E-state index in [1.807, 2.05) is 10.9 Å². The molecule has 0 aliphatic carbocycles. The molecule has 0 spiro atoms. The van der Waals surface area contributed by atoms with Crippen molar-refractivity contribution in [2.45, 2.75) is 26.4 Å². The summed E-state index contributed by atoms with van der Waals surface area (Å²) in [6.45, 7) is 3.72. The predicted octanol–water partition coefficient (Wildman–Crippen LogP) is 2.42. The van der Waals surface area contributed by atoms with Gasteiger partial charge in [0.1, 0.15) is 0 Å². The van der Waals surface area contributed by atoms with Crippen LogP contribution >= 0.6 is 0 Å². The van der Waals surface area contributed by atoms with Gasteiger partial charge >= 0.3 is 0 Å². The van der Waals surface area contributed by atoms with E-state index in [-0.39, 0.29) is 0 Å². The van der Waals surface area contributed by atoms with Crippen LogP contribution in [0.1, 0.15) is 18.9 Å². The lowest BCUT2D eigenvalue weighted by Gasteiger charge is -1.99. The zero-order chi connectivity index (χ0) is 11.4. The normalized spacial score (nSPS) is 10.6. The lowest BCUT2D eigenvalue weighted by molar-refractivity contribution is 0.603. The molecule has 0 amide bonds. The predicted molar refractivity (Wildman–Crippen MR) is 65.8 cm³/mol. The average molecular weight is 215 g/mol. The van der Waals surface area contributed by atoms with Crippen LogP contribution < -0.4 is 5.73 Å². The van der Waals surface area contributed by atoms with Crippen molar-refractivity contribution >= 4 is 0 Å². The van der Waals surface area contributed by atoms with Gasteiger partial charge < -0.3 is 5.73 Å². The van der Waals surface area contributed by atoms with E-state index in [0.29, 0.717) is 6.54 Å². The molecule has 1 heterocycles. The number of nitrogens with two attached hydrogens (primary N) is 1. The Balaban J connectivity index is 2.21. The molecule has 0 saturated carbocycles. The van der Waals surface area contributed by atoms with E-state index in [1.54, 1.807) is 0 Å². The zero-order valence-corrected chi connectivity index (χ0v) is 9.56. The number of benzene rings is 1. The Morgan fingerprint density at radius 2 is 1.94 bits per heavy atom. The fourth-order valence-corrected chi connectivity index (χ4v) is 1.70. The minimum atomic E-state index is 0.593. The second-order valence-corrected chi connectivity index (χ2v) is 3.89. The minimum absolute atomic E-state index is 0.593. The molecule has 0 radical (unpaired) electrons. The molecule has 84 valence electrons. The third kappa shape index (κ3) is 2.31.